The Kier molecular flexibility index (Phi) is 13.8. The SMILES string of the molecule is CCCCCCC(CC)(OC(CO)COCC(O)CO)C(O)CO. The molecule has 0 bridgehead atoms. The Morgan fingerprint density at radius 2 is 1.58 bits per heavy atom. The number of hydrogen-bond acceptors (Lipinski definition) is 7. The van der Waals surface area contributed by atoms with Crippen molar-refractivity contribution < 1.29 is 35.0 Å². The number of aliphatic hydroxyl groups excluding tert-OH is 5. The van der Waals surface area contributed by atoms with Gasteiger partial charge in [0.2, 0.25) is 0 Å². The first-order valence-electron chi connectivity index (χ1n) is 8.93. The Morgan fingerprint density at radius 1 is 0.875 bits per heavy atom. The van der Waals surface area contributed by atoms with Crippen molar-refractivity contribution in [3.8, 4) is 0 Å². The number of ether oxygens (including phenoxy) is 2. The molecule has 0 spiro atoms. The molecular formula is C17H36O7. The Morgan fingerprint density at radius 3 is 2.08 bits per heavy atom. The van der Waals surface area contributed by atoms with E-state index in [4.69, 9.17) is 14.6 Å². The zero-order chi connectivity index (χ0) is 18.4. The molecule has 0 aromatic heterocycles. The maximum atomic E-state index is 10.3. The minimum Gasteiger partial charge on any atom is -0.394 e. The maximum absolute atomic E-state index is 10.3. The van der Waals surface area contributed by atoms with Gasteiger partial charge in [-0.05, 0) is 12.8 Å². The van der Waals surface area contributed by atoms with Gasteiger partial charge in [0, 0.05) is 0 Å². The molecule has 7 heteroatoms. The smallest absolute Gasteiger partial charge is 0.106 e. The standard InChI is InChI=1S/C17H36O7/c1-3-5-6-7-8-17(4-2,16(22)11-20)24-15(10-19)13-23-12-14(21)9-18/h14-16,18-22H,3-13H2,1-2H3. The normalized spacial score (nSPS) is 18.1. The highest BCUT2D eigenvalue weighted by Crippen LogP contribution is 2.29. The van der Waals surface area contributed by atoms with Gasteiger partial charge in [-0.25, -0.2) is 0 Å². The van der Waals surface area contributed by atoms with Gasteiger partial charge in [-0.1, -0.05) is 39.5 Å². The monoisotopic (exact) mass is 352 g/mol. The largest absolute Gasteiger partial charge is 0.394 e. The molecule has 0 aromatic carbocycles. The molecular weight excluding hydrogens is 316 g/mol. The van der Waals surface area contributed by atoms with E-state index in [1.807, 2.05) is 6.92 Å². The fourth-order valence-corrected chi connectivity index (χ4v) is 2.66. The summed E-state index contributed by atoms with van der Waals surface area (Å²) in [6, 6.07) is 0. The maximum Gasteiger partial charge on any atom is 0.106 e. The van der Waals surface area contributed by atoms with Crippen molar-refractivity contribution in [1.29, 1.82) is 0 Å². The molecule has 0 amide bonds. The van der Waals surface area contributed by atoms with E-state index in [1.165, 1.54) is 0 Å². The van der Waals surface area contributed by atoms with E-state index in [9.17, 15) is 20.4 Å². The van der Waals surface area contributed by atoms with Crippen LogP contribution in [0.15, 0.2) is 0 Å². The van der Waals surface area contributed by atoms with E-state index in [2.05, 4.69) is 6.92 Å². The highest BCUT2D eigenvalue weighted by molar-refractivity contribution is 4.88. The topological polar surface area (TPSA) is 120 Å². The van der Waals surface area contributed by atoms with Crippen molar-refractivity contribution in [2.24, 2.45) is 0 Å². The van der Waals surface area contributed by atoms with Gasteiger partial charge in [0.15, 0.2) is 0 Å². The number of rotatable bonds is 16. The molecule has 4 unspecified atom stereocenters. The van der Waals surface area contributed by atoms with Gasteiger partial charge in [-0.3, -0.25) is 0 Å². The second kappa shape index (κ2) is 13.9. The lowest BCUT2D eigenvalue weighted by Gasteiger charge is -2.39. The van der Waals surface area contributed by atoms with Crippen LogP contribution in [0.2, 0.25) is 0 Å². The van der Waals surface area contributed by atoms with Crippen LogP contribution < -0.4 is 0 Å². The van der Waals surface area contributed by atoms with Crippen LogP contribution in [0.4, 0.5) is 0 Å². The number of aliphatic hydroxyl groups is 5. The minimum atomic E-state index is -1.04. The molecule has 0 saturated heterocycles. The third kappa shape index (κ3) is 8.71. The van der Waals surface area contributed by atoms with Crippen molar-refractivity contribution in [2.45, 2.75) is 76.3 Å². The van der Waals surface area contributed by atoms with Gasteiger partial charge >= 0.3 is 0 Å². The lowest BCUT2D eigenvalue weighted by Crippen LogP contribution is -2.50. The molecule has 0 aliphatic heterocycles. The molecule has 0 fully saturated rings. The number of hydrogen-bond donors (Lipinski definition) is 5. The molecule has 7 nitrogen and oxygen atoms in total. The quantitative estimate of drug-likeness (QED) is 0.252. The van der Waals surface area contributed by atoms with Crippen molar-refractivity contribution in [3.63, 3.8) is 0 Å². The van der Waals surface area contributed by atoms with Crippen molar-refractivity contribution in [1.82, 2.24) is 0 Å². The Labute approximate surface area is 145 Å². The van der Waals surface area contributed by atoms with Gasteiger partial charge in [-0.15, -0.1) is 0 Å². The van der Waals surface area contributed by atoms with E-state index in [0.29, 0.717) is 12.8 Å². The molecule has 0 heterocycles. The molecule has 146 valence electrons. The molecule has 0 radical (unpaired) electrons. The lowest BCUT2D eigenvalue weighted by molar-refractivity contribution is -0.194. The second-order valence-electron chi connectivity index (χ2n) is 6.22. The summed E-state index contributed by atoms with van der Waals surface area (Å²) in [4.78, 5) is 0. The molecule has 0 rings (SSSR count). The van der Waals surface area contributed by atoms with Crippen LogP contribution in [-0.4, -0.2) is 82.5 Å². The third-order valence-corrected chi connectivity index (χ3v) is 4.26. The predicted octanol–water partition coefficient (Wildman–Crippen LogP) is 0.206. The predicted molar refractivity (Wildman–Crippen MR) is 90.7 cm³/mol. The molecule has 0 aliphatic rings. The van der Waals surface area contributed by atoms with E-state index < -0.39 is 37.1 Å². The van der Waals surface area contributed by atoms with Crippen LogP contribution >= 0.6 is 0 Å². The van der Waals surface area contributed by atoms with Crippen molar-refractivity contribution in [3.05, 3.63) is 0 Å². The van der Waals surface area contributed by atoms with Crippen molar-refractivity contribution in [2.75, 3.05) is 33.0 Å². The lowest BCUT2D eigenvalue weighted by atomic mass is 9.87. The van der Waals surface area contributed by atoms with E-state index in [-0.39, 0.29) is 19.8 Å². The van der Waals surface area contributed by atoms with Crippen LogP contribution in [0.1, 0.15) is 52.4 Å². The van der Waals surface area contributed by atoms with Gasteiger partial charge < -0.3 is 35.0 Å². The molecule has 0 aromatic rings. The average Bonchev–Trinajstić information content (AvgIpc) is 2.61. The van der Waals surface area contributed by atoms with Gasteiger partial charge in [-0.2, -0.15) is 0 Å². The summed E-state index contributed by atoms with van der Waals surface area (Å²) in [5, 5.41) is 47.2. The number of unbranched alkanes of at least 4 members (excludes halogenated alkanes) is 3. The van der Waals surface area contributed by atoms with E-state index in [0.717, 1.165) is 25.7 Å². The summed E-state index contributed by atoms with van der Waals surface area (Å²) in [7, 11) is 0. The Balaban J connectivity index is 4.72. The zero-order valence-electron chi connectivity index (χ0n) is 15.1. The van der Waals surface area contributed by atoms with Crippen LogP contribution in [0.25, 0.3) is 0 Å². The van der Waals surface area contributed by atoms with Gasteiger partial charge in [0.05, 0.1) is 38.6 Å². The summed E-state index contributed by atoms with van der Waals surface area (Å²) in [5.74, 6) is 0. The fraction of sp³-hybridized carbons (Fsp3) is 1.00. The summed E-state index contributed by atoms with van der Waals surface area (Å²) in [5.41, 5.74) is -0.936. The fourth-order valence-electron chi connectivity index (χ4n) is 2.66. The third-order valence-electron chi connectivity index (χ3n) is 4.26. The molecule has 0 aliphatic carbocycles. The first kappa shape index (κ1) is 23.7. The summed E-state index contributed by atoms with van der Waals surface area (Å²) in [6.07, 6.45) is 2.46. The van der Waals surface area contributed by atoms with Crippen LogP contribution in [0, 0.1) is 0 Å². The molecule has 24 heavy (non-hydrogen) atoms. The average molecular weight is 352 g/mol. The van der Waals surface area contributed by atoms with Gasteiger partial charge in [0.1, 0.15) is 18.3 Å². The Bertz CT molecular complexity index is 290. The first-order chi connectivity index (χ1) is 11.5. The Hall–Kier alpha value is -0.280. The zero-order valence-corrected chi connectivity index (χ0v) is 15.1. The summed E-state index contributed by atoms with van der Waals surface area (Å²) >= 11 is 0. The van der Waals surface area contributed by atoms with Crippen LogP contribution in [0.5, 0.6) is 0 Å². The molecule has 4 atom stereocenters. The second-order valence-corrected chi connectivity index (χ2v) is 6.22. The highest BCUT2D eigenvalue weighted by Gasteiger charge is 2.38. The van der Waals surface area contributed by atoms with Crippen LogP contribution in [0.3, 0.4) is 0 Å². The molecule has 5 N–H and O–H groups in total. The van der Waals surface area contributed by atoms with E-state index in [1.54, 1.807) is 0 Å². The molecule has 0 saturated carbocycles. The van der Waals surface area contributed by atoms with Crippen LogP contribution in [-0.2, 0) is 9.47 Å². The van der Waals surface area contributed by atoms with E-state index >= 15 is 0 Å². The summed E-state index contributed by atoms with van der Waals surface area (Å²) < 4.78 is 11.2. The van der Waals surface area contributed by atoms with Gasteiger partial charge in [0.25, 0.3) is 0 Å². The minimum absolute atomic E-state index is 0.0302. The first-order valence-corrected chi connectivity index (χ1v) is 8.93. The highest BCUT2D eigenvalue weighted by atomic mass is 16.6. The van der Waals surface area contributed by atoms with Crippen molar-refractivity contribution >= 4 is 0 Å². The summed E-state index contributed by atoms with van der Waals surface area (Å²) in [6.45, 7) is 2.85.